The van der Waals surface area contributed by atoms with Gasteiger partial charge in [0.1, 0.15) is 0 Å². The SMILES string of the molecule is Nc1cc(C(=O)N/N=C/c2ccc([N+](=O)[O-])cc2)cc([N+](=O)[O-])c1. The second-order valence-corrected chi connectivity index (χ2v) is 4.62. The number of hydrazone groups is 1. The van der Waals surface area contributed by atoms with Crippen LogP contribution in [0.5, 0.6) is 0 Å². The fourth-order valence-corrected chi connectivity index (χ4v) is 1.78. The van der Waals surface area contributed by atoms with Gasteiger partial charge in [-0.1, -0.05) is 0 Å². The van der Waals surface area contributed by atoms with Crippen molar-refractivity contribution in [1.82, 2.24) is 5.43 Å². The van der Waals surface area contributed by atoms with E-state index in [2.05, 4.69) is 10.5 Å². The van der Waals surface area contributed by atoms with E-state index in [0.29, 0.717) is 5.56 Å². The molecule has 3 N–H and O–H groups in total. The summed E-state index contributed by atoms with van der Waals surface area (Å²) < 4.78 is 0. The lowest BCUT2D eigenvalue weighted by molar-refractivity contribution is -0.385. The van der Waals surface area contributed by atoms with Gasteiger partial charge < -0.3 is 5.73 Å². The first-order valence-corrected chi connectivity index (χ1v) is 6.49. The first-order chi connectivity index (χ1) is 11.4. The van der Waals surface area contributed by atoms with Gasteiger partial charge in [0, 0.05) is 30.0 Å². The highest BCUT2D eigenvalue weighted by atomic mass is 16.6. The molecular formula is C14H11N5O5. The Bertz CT molecular complexity index is 832. The quantitative estimate of drug-likeness (QED) is 0.369. The van der Waals surface area contributed by atoms with Gasteiger partial charge in [-0.25, -0.2) is 5.43 Å². The minimum atomic E-state index is -0.677. The van der Waals surface area contributed by atoms with E-state index in [4.69, 9.17) is 5.73 Å². The lowest BCUT2D eigenvalue weighted by atomic mass is 10.1. The van der Waals surface area contributed by atoms with Gasteiger partial charge in [0.2, 0.25) is 0 Å². The van der Waals surface area contributed by atoms with E-state index in [0.717, 1.165) is 12.1 Å². The Morgan fingerprint density at radius 3 is 2.25 bits per heavy atom. The first-order valence-electron chi connectivity index (χ1n) is 6.49. The standard InChI is InChI=1S/C14H11N5O5/c15-11-5-10(6-13(7-11)19(23)24)14(20)17-16-8-9-1-3-12(4-2-9)18(21)22/h1-8H,15H2,(H,17,20)/b16-8+. The van der Waals surface area contributed by atoms with E-state index in [1.54, 1.807) is 0 Å². The summed E-state index contributed by atoms with van der Waals surface area (Å²) in [6.07, 6.45) is 1.28. The number of carbonyl (C=O) groups is 1. The van der Waals surface area contributed by atoms with E-state index >= 15 is 0 Å². The number of hydrogen-bond acceptors (Lipinski definition) is 7. The Morgan fingerprint density at radius 2 is 1.67 bits per heavy atom. The van der Waals surface area contributed by atoms with Gasteiger partial charge in [0.25, 0.3) is 17.3 Å². The zero-order valence-corrected chi connectivity index (χ0v) is 12.1. The number of anilines is 1. The molecule has 0 aliphatic rings. The molecule has 122 valence electrons. The average Bonchev–Trinajstić information content (AvgIpc) is 2.54. The minimum Gasteiger partial charge on any atom is -0.399 e. The van der Waals surface area contributed by atoms with E-state index in [1.165, 1.54) is 36.5 Å². The summed E-state index contributed by atoms with van der Waals surface area (Å²) >= 11 is 0. The van der Waals surface area contributed by atoms with Crippen LogP contribution in [0.4, 0.5) is 17.1 Å². The third kappa shape index (κ3) is 4.10. The van der Waals surface area contributed by atoms with E-state index in [1.807, 2.05) is 0 Å². The summed E-state index contributed by atoms with van der Waals surface area (Å²) in [5.41, 5.74) is 7.93. The van der Waals surface area contributed by atoms with Crippen LogP contribution >= 0.6 is 0 Å². The van der Waals surface area contributed by atoms with Crippen molar-refractivity contribution in [2.24, 2.45) is 5.10 Å². The summed E-state index contributed by atoms with van der Waals surface area (Å²) in [6, 6.07) is 9.00. The zero-order chi connectivity index (χ0) is 17.7. The summed E-state index contributed by atoms with van der Waals surface area (Å²) in [5.74, 6) is -0.677. The van der Waals surface area contributed by atoms with Crippen molar-refractivity contribution in [3.63, 3.8) is 0 Å². The largest absolute Gasteiger partial charge is 0.399 e. The number of nitro groups is 2. The maximum absolute atomic E-state index is 11.9. The Balaban J connectivity index is 2.07. The number of benzene rings is 2. The van der Waals surface area contributed by atoms with Crippen molar-refractivity contribution in [2.75, 3.05) is 5.73 Å². The number of non-ortho nitro benzene ring substituents is 2. The Hall–Kier alpha value is -3.82. The van der Waals surface area contributed by atoms with Crippen molar-refractivity contribution in [3.8, 4) is 0 Å². The molecule has 0 bridgehead atoms. The van der Waals surface area contributed by atoms with Gasteiger partial charge in [0.05, 0.1) is 21.6 Å². The molecule has 2 aromatic rings. The van der Waals surface area contributed by atoms with Crippen LogP contribution < -0.4 is 11.2 Å². The molecule has 10 heteroatoms. The molecule has 0 aliphatic heterocycles. The van der Waals surface area contributed by atoms with Gasteiger partial charge in [-0.3, -0.25) is 25.0 Å². The van der Waals surface area contributed by atoms with Crippen LogP contribution in [-0.4, -0.2) is 22.0 Å². The molecule has 0 unspecified atom stereocenters. The van der Waals surface area contributed by atoms with Crippen LogP contribution in [0.2, 0.25) is 0 Å². The predicted octanol–water partition coefficient (Wildman–Crippen LogP) is 1.85. The van der Waals surface area contributed by atoms with Crippen LogP contribution in [0.3, 0.4) is 0 Å². The summed E-state index contributed by atoms with van der Waals surface area (Å²) in [5, 5.41) is 25.0. The number of amides is 1. The highest BCUT2D eigenvalue weighted by Crippen LogP contribution is 2.18. The monoisotopic (exact) mass is 329 g/mol. The van der Waals surface area contributed by atoms with Crippen molar-refractivity contribution >= 4 is 29.2 Å². The average molecular weight is 329 g/mol. The second kappa shape index (κ2) is 6.96. The topological polar surface area (TPSA) is 154 Å². The molecule has 2 aromatic carbocycles. The molecule has 1 amide bonds. The lowest BCUT2D eigenvalue weighted by Crippen LogP contribution is -2.18. The molecule has 0 aromatic heterocycles. The third-order valence-corrected chi connectivity index (χ3v) is 2.90. The predicted molar refractivity (Wildman–Crippen MR) is 85.7 cm³/mol. The molecule has 0 radical (unpaired) electrons. The lowest BCUT2D eigenvalue weighted by Gasteiger charge is -2.02. The zero-order valence-electron chi connectivity index (χ0n) is 12.1. The number of nitrogens with zero attached hydrogens (tertiary/aromatic N) is 3. The maximum Gasteiger partial charge on any atom is 0.272 e. The Kier molecular flexibility index (Phi) is 4.80. The highest BCUT2D eigenvalue weighted by Gasteiger charge is 2.13. The van der Waals surface area contributed by atoms with Crippen molar-refractivity contribution in [1.29, 1.82) is 0 Å². The minimum absolute atomic E-state index is 0.0115. The first kappa shape index (κ1) is 16.5. The van der Waals surface area contributed by atoms with Gasteiger partial charge in [-0.2, -0.15) is 5.10 Å². The number of hydrogen-bond donors (Lipinski definition) is 2. The van der Waals surface area contributed by atoms with Crippen LogP contribution in [-0.2, 0) is 0 Å². The maximum atomic E-state index is 11.9. The summed E-state index contributed by atoms with van der Waals surface area (Å²) in [6.45, 7) is 0. The van der Waals surface area contributed by atoms with E-state index < -0.39 is 15.8 Å². The Morgan fingerprint density at radius 1 is 1.04 bits per heavy atom. The molecule has 0 heterocycles. The smallest absolute Gasteiger partial charge is 0.272 e. The van der Waals surface area contributed by atoms with Gasteiger partial charge in [0.15, 0.2) is 0 Å². The summed E-state index contributed by atoms with van der Waals surface area (Å²) in [7, 11) is 0. The van der Waals surface area contributed by atoms with Gasteiger partial charge >= 0.3 is 0 Å². The van der Waals surface area contributed by atoms with Crippen LogP contribution in [0.1, 0.15) is 15.9 Å². The molecular weight excluding hydrogens is 318 g/mol. The molecule has 24 heavy (non-hydrogen) atoms. The number of nitrogens with one attached hydrogen (secondary N) is 1. The highest BCUT2D eigenvalue weighted by molar-refractivity contribution is 5.96. The fraction of sp³-hybridized carbons (Fsp3) is 0. The van der Waals surface area contributed by atoms with Crippen LogP contribution in [0, 0.1) is 20.2 Å². The van der Waals surface area contributed by atoms with Crippen molar-refractivity contribution in [2.45, 2.75) is 0 Å². The van der Waals surface area contributed by atoms with Crippen molar-refractivity contribution < 1.29 is 14.6 Å². The van der Waals surface area contributed by atoms with Gasteiger partial charge in [-0.05, 0) is 23.8 Å². The number of nitrogen functional groups attached to an aromatic ring is 1. The molecule has 0 saturated carbocycles. The second-order valence-electron chi connectivity index (χ2n) is 4.62. The van der Waals surface area contributed by atoms with Crippen molar-refractivity contribution in [3.05, 3.63) is 73.8 Å². The van der Waals surface area contributed by atoms with Gasteiger partial charge in [-0.15, -0.1) is 0 Å². The molecule has 0 atom stereocenters. The molecule has 10 nitrogen and oxygen atoms in total. The Labute approximate surface area is 134 Å². The number of nitro benzene ring substituents is 2. The molecule has 0 aliphatic carbocycles. The number of rotatable bonds is 5. The fourth-order valence-electron chi connectivity index (χ4n) is 1.78. The number of nitrogens with two attached hydrogens (primary N) is 1. The molecule has 2 rings (SSSR count). The normalized spacial score (nSPS) is 10.5. The number of carbonyl (C=O) groups excluding carboxylic acids is 1. The van der Waals surface area contributed by atoms with Crippen LogP contribution in [0.25, 0.3) is 0 Å². The molecule has 0 saturated heterocycles. The third-order valence-electron chi connectivity index (χ3n) is 2.90. The van der Waals surface area contributed by atoms with E-state index in [9.17, 15) is 25.0 Å². The van der Waals surface area contributed by atoms with Crippen LogP contribution in [0.15, 0.2) is 47.6 Å². The molecule has 0 spiro atoms. The summed E-state index contributed by atoms with van der Waals surface area (Å²) in [4.78, 5) is 32.0. The molecule has 0 fully saturated rings. The van der Waals surface area contributed by atoms with E-state index in [-0.39, 0.29) is 22.6 Å².